The maximum atomic E-state index is 15.4. The minimum Gasteiger partial charge on any atom is -0.289 e. The van der Waals surface area contributed by atoms with Gasteiger partial charge in [-0.3, -0.25) is 9.59 Å². The van der Waals surface area contributed by atoms with E-state index in [-0.39, 0.29) is 21.7 Å². The summed E-state index contributed by atoms with van der Waals surface area (Å²) in [6.07, 6.45) is 0. The second-order valence-electron chi connectivity index (χ2n) is 17.5. The first-order chi connectivity index (χ1) is 26.9. The van der Waals surface area contributed by atoms with Gasteiger partial charge in [-0.1, -0.05) is 163 Å². The topological polar surface area (TPSA) is 34.1 Å². The van der Waals surface area contributed by atoms with Gasteiger partial charge in [-0.25, -0.2) is 0 Å². The van der Waals surface area contributed by atoms with E-state index in [0.717, 1.165) is 109 Å². The van der Waals surface area contributed by atoms with Crippen LogP contribution in [0.2, 0.25) is 0 Å². The smallest absolute Gasteiger partial charge is 0.195 e. The molecule has 0 fully saturated rings. The van der Waals surface area contributed by atoms with Gasteiger partial charge in [0.1, 0.15) is 0 Å². The van der Waals surface area contributed by atoms with Gasteiger partial charge < -0.3 is 0 Å². The molecule has 0 radical (unpaired) electrons. The molecule has 270 valence electrons. The zero-order valence-corrected chi connectivity index (χ0v) is 32.7. The van der Waals surface area contributed by atoms with Gasteiger partial charge >= 0.3 is 0 Å². The number of hydrogen-bond acceptors (Lipinski definition) is 2. The Morgan fingerprint density at radius 1 is 0.304 bits per heavy atom. The normalized spacial score (nSPS) is 12.6. The summed E-state index contributed by atoms with van der Waals surface area (Å²) >= 11 is 0. The van der Waals surface area contributed by atoms with Gasteiger partial charge in [-0.2, -0.15) is 0 Å². The van der Waals surface area contributed by atoms with Crippen LogP contribution < -0.4 is 10.9 Å². The fourth-order valence-corrected chi connectivity index (χ4v) is 9.28. The van der Waals surface area contributed by atoms with Crippen molar-refractivity contribution in [1.82, 2.24) is 0 Å². The van der Waals surface area contributed by atoms with E-state index < -0.39 is 0 Å². The molecule has 2 nitrogen and oxygen atoms in total. The van der Waals surface area contributed by atoms with Crippen molar-refractivity contribution in [3.8, 4) is 44.5 Å². The summed E-state index contributed by atoms with van der Waals surface area (Å²) in [6.45, 7) is 13.5. The third-order valence-corrected chi connectivity index (χ3v) is 12.0. The molecule has 56 heavy (non-hydrogen) atoms. The van der Waals surface area contributed by atoms with E-state index >= 15 is 9.59 Å². The van der Waals surface area contributed by atoms with Crippen LogP contribution in [0.15, 0.2) is 155 Å². The van der Waals surface area contributed by atoms with Gasteiger partial charge in [0.25, 0.3) is 0 Å². The quantitative estimate of drug-likeness (QED) is 0.170. The maximum absolute atomic E-state index is 15.4. The molecule has 10 aromatic carbocycles. The Morgan fingerprint density at radius 2 is 0.518 bits per heavy atom. The predicted molar refractivity (Wildman–Crippen MR) is 239 cm³/mol. The molecule has 0 amide bonds. The largest absolute Gasteiger partial charge is 0.289 e. The van der Waals surface area contributed by atoms with Crippen molar-refractivity contribution in [3.05, 3.63) is 177 Å². The third-order valence-electron chi connectivity index (χ3n) is 12.0. The molecule has 0 saturated carbocycles. The number of benzene rings is 8. The van der Waals surface area contributed by atoms with E-state index in [4.69, 9.17) is 0 Å². The standard InChI is InChI=1S/C54H42O2/c1-53(2,3)35-27-37-45-38(28-35)48-42(32-21-13-8-14-22-32)52(56)44(34-25-17-10-18-26-34)50(48)40-30-36(54(4,5)6)29-39(46(40)45)49-43(33-23-15-9-16-24-33)51(55)41(47(37)49)31-19-11-7-12-20-31/h7-30H,1-6H3. The molecule has 0 saturated heterocycles. The number of hydrogen-bond donors (Lipinski definition) is 0. The number of rotatable bonds is 4. The highest BCUT2D eigenvalue weighted by atomic mass is 16.1. The fourth-order valence-electron chi connectivity index (χ4n) is 9.28. The van der Waals surface area contributed by atoms with Gasteiger partial charge in [0.05, 0.1) is 0 Å². The zero-order valence-electron chi connectivity index (χ0n) is 32.7. The van der Waals surface area contributed by atoms with Crippen LogP contribution in [0, 0.1) is 0 Å². The Hall–Kier alpha value is -6.38. The Balaban J connectivity index is 1.61. The van der Waals surface area contributed by atoms with Crippen LogP contribution in [0.5, 0.6) is 0 Å². The van der Waals surface area contributed by atoms with Gasteiger partial charge in [0.2, 0.25) is 0 Å². The van der Waals surface area contributed by atoms with Gasteiger partial charge in [-0.05, 0) is 101 Å². The van der Waals surface area contributed by atoms with Crippen molar-refractivity contribution in [2.75, 3.05) is 0 Å². The van der Waals surface area contributed by atoms with E-state index in [9.17, 15) is 0 Å². The summed E-state index contributed by atoms with van der Waals surface area (Å²) in [6, 6.07) is 50.1. The van der Waals surface area contributed by atoms with Crippen LogP contribution >= 0.6 is 0 Å². The first-order valence-electron chi connectivity index (χ1n) is 19.6. The van der Waals surface area contributed by atoms with E-state index in [1.165, 1.54) is 0 Å². The third kappa shape index (κ3) is 4.88. The van der Waals surface area contributed by atoms with Crippen LogP contribution in [0.4, 0.5) is 0 Å². The average Bonchev–Trinajstić information content (AvgIpc) is 3.69. The lowest BCUT2D eigenvalue weighted by Crippen LogP contribution is -2.12. The van der Waals surface area contributed by atoms with Crippen LogP contribution in [-0.2, 0) is 10.8 Å². The van der Waals surface area contributed by atoms with Crippen molar-refractivity contribution in [3.63, 3.8) is 0 Å². The summed E-state index contributed by atoms with van der Waals surface area (Å²) in [7, 11) is 0. The first kappa shape index (κ1) is 34.1. The summed E-state index contributed by atoms with van der Waals surface area (Å²) in [5.41, 5.74) is 8.48. The molecular weight excluding hydrogens is 681 g/mol. The van der Waals surface area contributed by atoms with Gasteiger partial charge in [0.15, 0.2) is 10.9 Å². The van der Waals surface area contributed by atoms with Crippen LogP contribution in [0.25, 0.3) is 98.4 Å². The Kier molecular flexibility index (Phi) is 7.35. The molecule has 2 heteroatoms. The van der Waals surface area contributed by atoms with E-state index in [1.807, 2.05) is 72.8 Å². The summed E-state index contributed by atoms with van der Waals surface area (Å²) in [5, 5.41) is 10.3. The van der Waals surface area contributed by atoms with Crippen molar-refractivity contribution in [2.24, 2.45) is 0 Å². The molecule has 10 rings (SSSR count). The van der Waals surface area contributed by atoms with E-state index in [0.29, 0.717) is 0 Å². The van der Waals surface area contributed by atoms with E-state index in [1.54, 1.807) is 0 Å². The second kappa shape index (κ2) is 12.1. The predicted octanol–water partition coefficient (Wildman–Crippen LogP) is 13.7. The molecule has 0 unspecified atom stereocenters. The zero-order chi connectivity index (χ0) is 38.7. The highest BCUT2D eigenvalue weighted by molar-refractivity contribution is 6.45. The minimum absolute atomic E-state index is 0.0413. The van der Waals surface area contributed by atoms with E-state index in [2.05, 4.69) is 114 Å². The van der Waals surface area contributed by atoms with Crippen LogP contribution in [-0.4, -0.2) is 0 Å². The summed E-state index contributed by atoms with van der Waals surface area (Å²) in [5.74, 6) is 0. The lowest BCUT2D eigenvalue weighted by atomic mass is 9.77. The monoisotopic (exact) mass is 722 g/mol. The SMILES string of the molecule is CC(C)(C)c1cc2c3c(-c4ccccc4)c(=O)c(-c4ccccc4)c3c3cc(C(C)(C)C)cc4c5c(-c6ccccc6)c(=O)c(-c6ccccc6)c5c(c1)c2c34. The maximum Gasteiger partial charge on any atom is 0.195 e. The summed E-state index contributed by atoms with van der Waals surface area (Å²) in [4.78, 5) is 30.8. The summed E-state index contributed by atoms with van der Waals surface area (Å²) < 4.78 is 0. The molecule has 0 spiro atoms. The second-order valence-corrected chi connectivity index (χ2v) is 17.5. The number of fused-ring (bicyclic) bond motifs is 6. The average molecular weight is 723 g/mol. The molecule has 0 atom stereocenters. The van der Waals surface area contributed by atoms with Gasteiger partial charge in [-0.15, -0.1) is 0 Å². The minimum atomic E-state index is -0.230. The van der Waals surface area contributed by atoms with Crippen LogP contribution in [0.1, 0.15) is 52.7 Å². The van der Waals surface area contributed by atoms with Crippen molar-refractivity contribution in [2.45, 2.75) is 52.4 Å². The molecule has 0 aromatic heterocycles. The lowest BCUT2D eigenvalue weighted by Gasteiger charge is -2.26. The highest BCUT2D eigenvalue weighted by Crippen LogP contribution is 2.54. The molecule has 0 N–H and O–H groups in total. The molecule has 0 aliphatic heterocycles. The van der Waals surface area contributed by atoms with Crippen molar-refractivity contribution >= 4 is 53.9 Å². The fraction of sp³-hybridized carbons (Fsp3) is 0.148. The Morgan fingerprint density at radius 3 is 0.714 bits per heavy atom. The Bertz CT molecular complexity index is 2830. The highest BCUT2D eigenvalue weighted by Gasteiger charge is 2.32. The molecular formula is C54H42O2. The lowest BCUT2D eigenvalue weighted by molar-refractivity contribution is 0.591. The van der Waals surface area contributed by atoms with Crippen molar-refractivity contribution in [1.29, 1.82) is 0 Å². The molecule has 0 aliphatic carbocycles. The first-order valence-corrected chi connectivity index (χ1v) is 19.6. The molecule has 0 bridgehead atoms. The Labute approximate surface area is 326 Å². The molecule has 0 aliphatic rings. The molecule has 10 aromatic rings. The van der Waals surface area contributed by atoms with Crippen molar-refractivity contribution < 1.29 is 0 Å². The van der Waals surface area contributed by atoms with Gasteiger partial charge in [0, 0.05) is 43.8 Å². The van der Waals surface area contributed by atoms with Crippen LogP contribution in [0.3, 0.4) is 0 Å². The molecule has 0 heterocycles.